The molecule has 0 fully saturated rings. The Kier molecular flexibility index (Phi) is 6.50. The van der Waals surface area contributed by atoms with Crippen molar-refractivity contribution < 1.29 is 14.3 Å². The molecule has 1 aromatic carbocycles. The minimum absolute atomic E-state index is 0.139. The van der Waals surface area contributed by atoms with Crippen molar-refractivity contribution in [3.8, 4) is 5.75 Å². The predicted octanol–water partition coefficient (Wildman–Crippen LogP) is 1.43. The summed E-state index contributed by atoms with van der Waals surface area (Å²) in [5, 5.41) is 0. The lowest BCUT2D eigenvalue weighted by molar-refractivity contribution is -0.121. The molecule has 3 N–H and O–H groups in total. The SMILES string of the molecule is NNC(=O)CCCCCOc1ccc(C=O)cc1. The molecule has 5 nitrogen and oxygen atoms in total. The molecule has 0 radical (unpaired) electrons. The summed E-state index contributed by atoms with van der Waals surface area (Å²) in [6.07, 6.45) is 3.85. The molecule has 0 saturated carbocycles. The molecule has 1 amide bonds. The Balaban J connectivity index is 2.10. The zero-order valence-electron chi connectivity index (χ0n) is 10.2. The monoisotopic (exact) mass is 250 g/mol. The van der Waals surface area contributed by atoms with E-state index in [1.807, 2.05) is 0 Å². The topological polar surface area (TPSA) is 81.4 Å². The molecule has 0 aromatic heterocycles. The van der Waals surface area contributed by atoms with Gasteiger partial charge in [0.1, 0.15) is 12.0 Å². The zero-order chi connectivity index (χ0) is 13.2. The van der Waals surface area contributed by atoms with Gasteiger partial charge in [-0.3, -0.25) is 15.0 Å². The molecule has 0 unspecified atom stereocenters. The first-order valence-corrected chi connectivity index (χ1v) is 5.93. The predicted molar refractivity (Wildman–Crippen MR) is 68.1 cm³/mol. The van der Waals surface area contributed by atoms with Crippen LogP contribution in [0.1, 0.15) is 36.0 Å². The third kappa shape index (κ3) is 5.45. The second-order valence-electron chi connectivity index (χ2n) is 3.91. The summed E-state index contributed by atoms with van der Waals surface area (Å²) in [4.78, 5) is 21.3. The van der Waals surface area contributed by atoms with E-state index >= 15 is 0 Å². The summed E-state index contributed by atoms with van der Waals surface area (Å²) in [6.45, 7) is 0.602. The summed E-state index contributed by atoms with van der Waals surface area (Å²) < 4.78 is 5.50. The molecule has 0 spiro atoms. The molecular formula is C13H18N2O3. The maximum absolute atomic E-state index is 10.8. The van der Waals surface area contributed by atoms with E-state index in [9.17, 15) is 9.59 Å². The fourth-order valence-electron chi connectivity index (χ4n) is 1.47. The van der Waals surface area contributed by atoms with E-state index in [1.165, 1.54) is 0 Å². The third-order valence-corrected chi connectivity index (χ3v) is 2.49. The van der Waals surface area contributed by atoms with E-state index in [1.54, 1.807) is 24.3 Å². The number of aldehydes is 1. The number of nitrogens with two attached hydrogens (primary N) is 1. The van der Waals surface area contributed by atoms with Gasteiger partial charge in [-0.2, -0.15) is 0 Å². The standard InChI is InChI=1S/C13H18N2O3/c14-15-13(17)4-2-1-3-9-18-12-7-5-11(10-16)6-8-12/h5-8,10H,1-4,9,14H2,(H,15,17). The quantitative estimate of drug-likeness (QED) is 0.240. The van der Waals surface area contributed by atoms with E-state index in [4.69, 9.17) is 10.6 Å². The fraction of sp³-hybridized carbons (Fsp3) is 0.385. The van der Waals surface area contributed by atoms with Crippen LogP contribution in [0.2, 0.25) is 0 Å². The molecule has 0 aliphatic rings. The molecule has 0 aliphatic carbocycles. The van der Waals surface area contributed by atoms with Crippen LogP contribution in [-0.4, -0.2) is 18.8 Å². The van der Waals surface area contributed by atoms with Crippen molar-refractivity contribution in [2.75, 3.05) is 6.61 Å². The highest BCUT2D eigenvalue weighted by Gasteiger charge is 1.98. The van der Waals surface area contributed by atoms with Gasteiger partial charge >= 0.3 is 0 Å². The number of benzene rings is 1. The molecule has 0 atom stereocenters. The Labute approximate surface area is 106 Å². The smallest absolute Gasteiger partial charge is 0.233 e. The van der Waals surface area contributed by atoms with Crippen LogP contribution in [0.25, 0.3) is 0 Å². The highest BCUT2D eigenvalue weighted by Crippen LogP contribution is 2.12. The van der Waals surface area contributed by atoms with Gasteiger partial charge in [0.2, 0.25) is 5.91 Å². The van der Waals surface area contributed by atoms with Crippen molar-refractivity contribution in [3.05, 3.63) is 29.8 Å². The Hall–Kier alpha value is -1.88. The number of hydrazine groups is 1. The average Bonchev–Trinajstić information content (AvgIpc) is 2.43. The number of hydrogen-bond donors (Lipinski definition) is 2. The molecule has 98 valence electrons. The van der Waals surface area contributed by atoms with E-state index in [0.717, 1.165) is 31.3 Å². The maximum Gasteiger partial charge on any atom is 0.233 e. The van der Waals surface area contributed by atoms with Crippen molar-refractivity contribution in [3.63, 3.8) is 0 Å². The molecule has 1 aromatic rings. The van der Waals surface area contributed by atoms with Crippen molar-refractivity contribution >= 4 is 12.2 Å². The molecule has 18 heavy (non-hydrogen) atoms. The highest BCUT2D eigenvalue weighted by atomic mass is 16.5. The average molecular weight is 250 g/mol. The van der Waals surface area contributed by atoms with Gasteiger partial charge in [-0.1, -0.05) is 0 Å². The molecule has 0 heterocycles. The van der Waals surface area contributed by atoms with Crippen LogP contribution in [0, 0.1) is 0 Å². The van der Waals surface area contributed by atoms with Gasteiger partial charge in [-0.25, -0.2) is 5.84 Å². The van der Waals surface area contributed by atoms with Crippen LogP contribution in [-0.2, 0) is 4.79 Å². The van der Waals surface area contributed by atoms with Crippen LogP contribution >= 0.6 is 0 Å². The number of amides is 1. The van der Waals surface area contributed by atoms with Gasteiger partial charge in [-0.15, -0.1) is 0 Å². The van der Waals surface area contributed by atoms with Crippen LogP contribution in [0.15, 0.2) is 24.3 Å². The first kappa shape index (κ1) is 14.2. The second-order valence-corrected chi connectivity index (χ2v) is 3.91. The summed E-state index contributed by atoms with van der Waals surface area (Å²) >= 11 is 0. The summed E-state index contributed by atoms with van der Waals surface area (Å²) in [5.41, 5.74) is 2.73. The van der Waals surface area contributed by atoms with Crippen LogP contribution in [0.3, 0.4) is 0 Å². The van der Waals surface area contributed by atoms with Crippen LogP contribution in [0.4, 0.5) is 0 Å². The minimum Gasteiger partial charge on any atom is -0.494 e. The van der Waals surface area contributed by atoms with E-state index in [-0.39, 0.29) is 5.91 Å². The Bertz CT molecular complexity index is 376. The van der Waals surface area contributed by atoms with E-state index in [0.29, 0.717) is 18.6 Å². The van der Waals surface area contributed by atoms with E-state index in [2.05, 4.69) is 5.43 Å². The number of unbranched alkanes of at least 4 members (excludes halogenated alkanes) is 2. The van der Waals surface area contributed by atoms with Crippen molar-refractivity contribution in [1.82, 2.24) is 5.43 Å². The number of carbonyl (C=O) groups excluding carboxylic acids is 2. The van der Waals surface area contributed by atoms with Gasteiger partial charge in [0.05, 0.1) is 6.61 Å². The van der Waals surface area contributed by atoms with E-state index < -0.39 is 0 Å². The minimum atomic E-state index is -0.139. The maximum atomic E-state index is 10.8. The molecule has 1 rings (SSSR count). The molecule has 0 saturated heterocycles. The lowest BCUT2D eigenvalue weighted by Gasteiger charge is -2.05. The summed E-state index contributed by atoms with van der Waals surface area (Å²) in [6, 6.07) is 6.97. The van der Waals surface area contributed by atoms with Crippen molar-refractivity contribution in [2.24, 2.45) is 5.84 Å². The molecule has 0 aliphatic heterocycles. The Morgan fingerprint density at radius 3 is 2.56 bits per heavy atom. The highest BCUT2D eigenvalue weighted by molar-refractivity contribution is 5.75. The first-order chi connectivity index (χ1) is 8.76. The molecule has 5 heteroatoms. The summed E-state index contributed by atoms with van der Waals surface area (Å²) in [5.74, 6) is 5.58. The van der Waals surface area contributed by atoms with Crippen molar-refractivity contribution in [1.29, 1.82) is 0 Å². The lowest BCUT2D eigenvalue weighted by Crippen LogP contribution is -2.29. The van der Waals surface area contributed by atoms with Gasteiger partial charge in [0.15, 0.2) is 0 Å². The zero-order valence-corrected chi connectivity index (χ0v) is 10.2. The largest absolute Gasteiger partial charge is 0.494 e. The second kappa shape index (κ2) is 8.25. The van der Waals surface area contributed by atoms with Gasteiger partial charge < -0.3 is 4.74 Å². The normalized spacial score (nSPS) is 9.83. The van der Waals surface area contributed by atoms with Gasteiger partial charge in [0.25, 0.3) is 0 Å². The van der Waals surface area contributed by atoms with Gasteiger partial charge in [0, 0.05) is 12.0 Å². The summed E-state index contributed by atoms with van der Waals surface area (Å²) in [7, 11) is 0. The molecular weight excluding hydrogens is 232 g/mol. The molecule has 0 bridgehead atoms. The van der Waals surface area contributed by atoms with Crippen molar-refractivity contribution in [2.45, 2.75) is 25.7 Å². The third-order valence-electron chi connectivity index (χ3n) is 2.49. The number of carbonyl (C=O) groups is 2. The fourth-order valence-corrected chi connectivity index (χ4v) is 1.47. The number of rotatable bonds is 8. The van der Waals surface area contributed by atoms with Crippen LogP contribution < -0.4 is 16.0 Å². The Morgan fingerprint density at radius 2 is 1.94 bits per heavy atom. The first-order valence-electron chi connectivity index (χ1n) is 5.93. The number of ether oxygens (including phenoxy) is 1. The van der Waals surface area contributed by atoms with Crippen LogP contribution in [0.5, 0.6) is 5.75 Å². The lowest BCUT2D eigenvalue weighted by atomic mass is 10.2. The number of nitrogens with one attached hydrogen (secondary N) is 1. The van der Waals surface area contributed by atoms with Gasteiger partial charge in [-0.05, 0) is 43.5 Å². The number of hydrogen-bond acceptors (Lipinski definition) is 4. The Morgan fingerprint density at radius 1 is 1.22 bits per heavy atom.